The van der Waals surface area contributed by atoms with Gasteiger partial charge in [-0.05, 0) is 6.08 Å². The van der Waals surface area contributed by atoms with Crippen molar-refractivity contribution >= 4 is 5.78 Å². The van der Waals surface area contributed by atoms with E-state index in [0.29, 0.717) is 5.56 Å². The molecule has 0 aliphatic carbocycles. The zero-order valence-electron chi connectivity index (χ0n) is 5.58. The average Bonchev–Trinajstić information content (AvgIpc) is 2.05. The summed E-state index contributed by atoms with van der Waals surface area (Å²) in [4.78, 5) is 10.9. The average molecular weight is 132 g/mol. The second-order valence-electron chi connectivity index (χ2n) is 1.93. The van der Waals surface area contributed by atoms with Gasteiger partial charge >= 0.3 is 0 Å². The van der Waals surface area contributed by atoms with Crippen molar-refractivity contribution in [3.8, 4) is 0 Å². The smallest absolute Gasteiger partial charge is 0.185 e. The summed E-state index contributed by atoms with van der Waals surface area (Å²) in [5, 5.41) is 0. The summed E-state index contributed by atoms with van der Waals surface area (Å²) in [5.74, 6) is -0.0272. The Morgan fingerprint density at radius 2 is 1.90 bits per heavy atom. The van der Waals surface area contributed by atoms with Crippen molar-refractivity contribution in [3.63, 3.8) is 0 Å². The third-order valence-electron chi connectivity index (χ3n) is 1.24. The van der Waals surface area contributed by atoms with Gasteiger partial charge in [-0.15, -0.1) is 0 Å². The molecule has 0 N–H and O–H groups in total. The maximum absolute atomic E-state index is 10.9. The van der Waals surface area contributed by atoms with Crippen molar-refractivity contribution in [2.24, 2.45) is 0 Å². The van der Waals surface area contributed by atoms with E-state index < -0.39 is 0 Å². The van der Waals surface area contributed by atoms with Crippen LogP contribution in [0.4, 0.5) is 0 Å². The molecule has 0 aliphatic rings. The van der Waals surface area contributed by atoms with Crippen LogP contribution in [0, 0.1) is 0 Å². The van der Waals surface area contributed by atoms with Crippen molar-refractivity contribution < 1.29 is 4.79 Å². The van der Waals surface area contributed by atoms with Gasteiger partial charge in [-0.25, -0.2) is 0 Å². The van der Waals surface area contributed by atoms with Gasteiger partial charge in [0.25, 0.3) is 0 Å². The van der Waals surface area contributed by atoms with Crippen LogP contribution in [0.25, 0.3) is 0 Å². The number of carbonyl (C=O) groups is 1. The molecule has 0 saturated carbocycles. The monoisotopic (exact) mass is 132 g/mol. The molecule has 0 fully saturated rings. The summed E-state index contributed by atoms with van der Waals surface area (Å²) in [7, 11) is 0. The van der Waals surface area contributed by atoms with Crippen LogP contribution in [0.15, 0.2) is 43.0 Å². The molecule has 0 amide bonds. The fourth-order valence-corrected chi connectivity index (χ4v) is 0.720. The fraction of sp³-hybridized carbons (Fsp3) is 0. The number of rotatable bonds is 2. The van der Waals surface area contributed by atoms with E-state index in [1.54, 1.807) is 12.1 Å². The zero-order chi connectivity index (χ0) is 7.40. The number of benzene rings is 1. The Morgan fingerprint density at radius 3 is 2.40 bits per heavy atom. The van der Waals surface area contributed by atoms with Crippen molar-refractivity contribution in [1.29, 1.82) is 0 Å². The number of hydrogen-bond donors (Lipinski definition) is 0. The number of allylic oxidation sites excluding steroid dienone is 1. The summed E-state index contributed by atoms with van der Waals surface area (Å²) in [6.07, 6.45) is 1.31. The molecule has 0 saturated heterocycles. The first-order valence-corrected chi connectivity index (χ1v) is 3.06. The molecule has 10 heavy (non-hydrogen) atoms. The van der Waals surface area contributed by atoms with Crippen LogP contribution in [0.2, 0.25) is 0 Å². The standard InChI is InChI=1S/C9H8O/c1-2-9(10)8-6-4-3-5-7-8/h2-7H,1H2. The lowest BCUT2D eigenvalue weighted by atomic mass is 10.1. The molecule has 0 heterocycles. The molecule has 0 bridgehead atoms. The zero-order valence-corrected chi connectivity index (χ0v) is 5.58. The van der Waals surface area contributed by atoms with Crippen LogP contribution in [0.5, 0.6) is 0 Å². The van der Waals surface area contributed by atoms with Gasteiger partial charge in [-0.2, -0.15) is 0 Å². The highest BCUT2D eigenvalue weighted by Gasteiger charge is 1.95. The van der Waals surface area contributed by atoms with E-state index in [1.807, 2.05) is 18.2 Å². The molecule has 1 aromatic carbocycles. The highest BCUT2D eigenvalue weighted by molar-refractivity contribution is 6.04. The van der Waals surface area contributed by atoms with E-state index in [2.05, 4.69) is 6.58 Å². The lowest BCUT2D eigenvalue weighted by molar-refractivity contribution is 0.104. The van der Waals surface area contributed by atoms with Gasteiger partial charge in [0, 0.05) is 5.56 Å². The summed E-state index contributed by atoms with van der Waals surface area (Å²) in [6.45, 7) is 3.39. The Hall–Kier alpha value is -1.37. The maximum atomic E-state index is 10.9. The molecule has 1 nitrogen and oxygen atoms in total. The molecule has 1 heteroatoms. The quantitative estimate of drug-likeness (QED) is 0.444. The largest absolute Gasteiger partial charge is 0.289 e. The molecule has 0 aromatic heterocycles. The van der Waals surface area contributed by atoms with Gasteiger partial charge in [0.05, 0.1) is 0 Å². The van der Waals surface area contributed by atoms with Gasteiger partial charge in [-0.1, -0.05) is 36.9 Å². The Kier molecular flexibility index (Phi) is 2.00. The number of hydrogen-bond acceptors (Lipinski definition) is 1. The first-order chi connectivity index (χ1) is 4.84. The molecule has 1 aromatic rings. The van der Waals surface area contributed by atoms with Gasteiger partial charge in [0.1, 0.15) is 0 Å². The fourth-order valence-electron chi connectivity index (χ4n) is 0.720. The highest BCUT2D eigenvalue weighted by Crippen LogP contribution is 1.99. The normalized spacial score (nSPS) is 8.80. The van der Waals surface area contributed by atoms with Gasteiger partial charge in [-0.3, -0.25) is 4.79 Å². The van der Waals surface area contributed by atoms with E-state index in [-0.39, 0.29) is 5.78 Å². The predicted octanol–water partition coefficient (Wildman–Crippen LogP) is 2.06. The molecule has 0 radical (unpaired) electrons. The van der Waals surface area contributed by atoms with Crippen LogP contribution >= 0.6 is 0 Å². The molecular formula is C9H8O. The summed E-state index contributed by atoms with van der Waals surface area (Å²) in [6, 6.07) is 9.07. The molecule has 0 aliphatic heterocycles. The summed E-state index contributed by atoms with van der Waals surface area (Å²) >= 11 is 0. The SMILES string of the molecule is C=CC(=O)c1ccccc1. The Balaban J connectivity index is 2.95. The molecule has 0 atom stereocenters. The lowest BCUT2D eigenvalue weighted by Gasteiger charge is -1.90. The topological polar surface area (TPSA) is 17.1 Å². The third kappa shape index (κ3) is 1.32. The minimum atomic E-state index is -0.0272. The van der Waals surface area contributed by atoms with E-state index in [9.17, 15) is 4.79 Å². The van der Waals surface area contributed by atoms with Crippen molar-refractivity contribution in [2.75, 3.05) is 0 Å². The lowest BCUT2D eigenvalue weighted by Crippen LogP contribution is -1.90. The minimum absolute atomic E-state index is 0.0272. The molecule has 0 spiro atoms. The Morgan fingerprint density at radius 1 is 1.30 bits per heavy atom. The minimum Gasteiger partial charge on any atom is -0.289 e. The van der Waals surface area contributed by atoms with E-state index in [0.717, 1.165) is 0 Å². The van der Waals surface area contributed by atoms with Crippen LogP contribution in [-0.2, 0) is 0 Å². The van der Waals surface area contributed by atoms with Crippen molar-refractivity contribution in [3.05, 3.63) is 48.6 Å². The number of carbonyl (C=O) groups excluding carboxylic acids is 1. The van der Waals surface area contributed by atoms with Gasteiger partial charge < -0.3 is 0 Å². The Bertz CT molecular complexity index is 236. The summed E-state index contributed by atoms with van der Waals surface area (Å²) < 4.78 is 0. The second kappa shape index (κ2) is 2.97. The first-order valence-electron chi connectivity index (χ1n) is 3.06. The van der Waals surface area contributed by atoms with E-state index in [1.165, 1.54) is 6.08 Å². The van der Waals surface area contributed by atoms with Crippen molar-refractivity contribution in [2.45, 2.75) is 0 Å². The molecular weight excluding hydrogens is 124 g/mol. The van der Waals surface area contributed by atoms with Crippen LogP contribution < -0.4 is 0 Å². The first kappa shape index (κ1) is 6.75. The highest BCUT2D eigenvalue weighted by atomic mass is 16.1. The maximum Gasteiger partial charge on any atom is 0.185 e. The van der Waals surface area contributed by atoms with Crippen LogP contribution in [0.1, 0.15) is 10.4 Å². The van der Waals surface area contributed by atoms with Crippen LogP contribution in [-0.4, -0.2) is 5.78 Å². The second-order valence-corrected chi connectivity index (χ2v) is 1.93. The van der Waals surface area contributed by atoms with Gasteiger partial charge in [0.15, 0.2) is 5.78 Å². The van der Waals surface area contributed by atoms with Gasteiger partial charge in [0.2, 0.25) is 0 Å². The molecule has 50 valence electrons. The molecule has 0 unspecified atom stereocenters. The summed E-state index contributed by atoms with van der Waals surface area (Å²) in [5.41, 5.74) is 0.692. The van der Waals surface area contributed by atoms with E-state index in [4.69, 9.17) is 0 Å². The van der Waals surface area contributed by atoms with Crippen molar-refractivity contribution in [1.82, 2.24) is 0 Å². The third-order valence-corrected chi connectivity index (χ3v) is 1.24. The van der Waals surface area contributed by atoms with Crippen LogP contribution in [0.3, 0.4) is 0 Å². The number of ketones is 1. The molecule has 1 rings (SSSR count). The van der Waals surface area contributed by atoms with E-state index >= 15 is 0 Å². The predicted molar refractivity (Wildman–Crippen MR) is 41.0 cm³/mol. The Labute approximate surface area is 60.0 Å².